The number of rotatable bonds is 8. The molecule has 0 spiro atoms. The van der Waals surface area contributed by atoms with Gasteiger partial charge in [-0.15, -0.1) is 0 Å². The molecule has 1 aliphatic rings. The van der Waals surface area contributed by atoms with Gasteiger partial charge in [0.05, 0.1) is 24.6 Å². The highest BCUT2D eigenvalue weighted by atomic mass is 16.6. The van der Waals surface area contributed by atoms with Crippen LogP contribution in [0.2, 0.25) is 0 Å². The predicted molar refractivity (Wildman–Crippen MR) is 133 cm³/mol. The van der Waals surface area contributed by atoms with Crippen molar-refractivity contribution in [1.29, 1.82) is 0 Å². The number of β-amino-alcohol motifs (C(OH)–C–C–N with tert-alkyl or cyclic N) is 1. The first kappa shape index (κ1) is 28.4. The van der Waals surface area contributed by atoms with Crippen LogP contribution in [0.15, 0.2) is 30.3 Å². The first-order valence-electron chi connectivity index (χ1n) is 12.4. The molecule has 0 aromatic heterocycles. The molecular weight excluding hydrogens is 450 g/mol. The van der Waals surface area contributed by atoms with Gasteiger partial charge in [-0.05, 0) is 52.5 Å². The summed E-state index contributed by atoms with van der Waals surface area (Å²) in [6.07, 6.45) is 0.482. The number of carbonyl (C=O) groups is 3. The minimum Gasteiger partial charge on any atom is -0.445 e. The first-order valence-corrected chi connectivity index (χ1v) is 12.4. The molecule has 0 saturated carbocycles. The molecule has 4 atom stereocenters. The van der Waals surface area contributed by atoms with Crippen molar-refractivity contribution in [2.75, 3.05) is 13.1 Å². The van der Waals surface area contributed by atoms with Gasteiger partial charge in [0.25, 0.3) is 0 Å². The number of benzene rings is 1. The van der Waals surface area contributed by atoms with Crippen molar-refractivity contribution in [2.24, 2.45) is 5.92 Å². The van der Waals surface area contributed by atoms with Crippen molar-refractivity contribution in [2.45, 2.75) is 90.7 Å². The van der Waals surface area contributed by atoms with E-state index in [1.807, 2.05) is 44.2 Å². The molecule has 3 N–H and O–H groups in total. The summed E-state index contributed by atoms with van der Waals surface area (Å²) in [5.41, 5.74) is 0.262. The Morgan fingerprint density at radius 1 is 1.17 bits per heavy atom. The Morgan fingerprint density at radius 2 is 1.86 bits per heavy atom. The fourth-order valence-corrected chi connectivity index (χ4v) is 4.00. The number of alkyl carbamates (subject to hydrolysis) is 1. The molecule has 9 heteroatoms. The number of amides is 3. The van der Waals surface area contributed by atoms with Crippen LogP contribution in [-0.2, 0) is 20.9 Å². The summed E-state index contributed by atoms with van der Waals surface area (Å²) in [6, 6.07) is 8.76. The second-order valence-corrected chi connectivity index (χ2v) is 10.2. The van der Waals surface area contributed by atoms with Crippen LogP contribution in [0.4, 0.5) is 9.59 Å². The average Bonchev–Trinajstić information content (AvgIpc) is 2.93. The number of hydrogen-bond donors (Lipinski definition) is 3. The van der Waals surface area contributed by atoms with E-state index in [-0.39, 0.29) is 31.6 Å². The Balaban J connectivity index is 1.92. The summed E-state index contributed by atoms with van der Waals surface area (Å²) in [5, 5.41) is 16.4. The summed E-state index contributed by atoms with van der Waals surface area (Å²) in [4.78, 5) is 39.2. The van der Waals surface area contributed by atoms with E-state index in [1.54, 1.807) is 20.8 Å². The Labute approximate surface area is 208 Å². The smallest absolute Gasteiger partial charge is 0.410 e. The second kappa shape index (κ2) is 13.3. The lowest BCUT2D eigenvalue weighted by molar-refractivity contribution is -0.126. The zero-order valence-electron chi connectivity index (χ0n) is 21.6. The van der Waals surface area contributed by atoms with E-state index in [1.165, 1.54) is 4.90 Å². The van der Waals surface area contributed by atoms with Gasteiger partial charge in [-0.1, -0.05) is 43.7 Å². The zero-order chi connectivity index (χ0) is 26.0. The van der Waals surface area contributed by atoms with Gasteiger partial charge in [-0.3, -0.25) is 4.79 Å². The van der Waals surface area contributed by atoms with Gasteiger partial charge in [0.1, 0.15) is 12.2 Å². The number of aliphatic hydroxyl groups excluding tert-OH is 1. The summed E-state index contributed by atoms with van der Waals surface area (Å²) >= 11 is 0. The monoisotopic (exact) mass is 491 g/mol. The Hall–Kier alpha value is -2.81. The summed E-state index contributed by atoms with van der Waals surface area (Å²) < 4.78 is 10.7. The number of aliphatic hydroxyl groups is 1. The predicted octanol–water partition coefficient (Wildman–Crippen LogP) is 3.59. The summed E-state index contributed by atoms with van der Waals surface area (Å²) in [7, 11) is 0. The van der Waals surface area contributed by atoms with E-state index < -0.39 is 35.9 Å². The highest BCUT2D eigenvalue weighted by Gasteiger charge is 2.34. The van der Waals surface area contributed by atoms with Gasteiger partial charge in [0, 0.05) is 12.6 Å². The number of ether oxygens (including phenoxy) is 2. The van der Waals surface area contributed by atoms with Gasteiger partial charge < -0.3 is 30.1 Å². The van der Waals surface area contributed by atoms with Crippen LogP contribution in [0.5, 0.6) is 0 Å². The van der Waals surface area contributed by atoms with Crippen LogP contribution in [0, 0.1) is 5.92 Å². The number of nitrogens with zero attached hydrogens (tertiary/aromatic N) is 1. The van der Waals surface area contributed by atoms with E-state index in [0.29, 0.717) is 19.3 Å². The topological polar surface area (TPSA) is 117 Å². The van der Waals surface area contributed by atoms with E-state index in [2.05, 4.69) is 10.6 Å². The normalized spacial score (nSPS) is 21.4. The molecule has 0 aliphatic carbocycles. The van der Waals surface area contributed by atoms with E-state index in [4.69, 9.17) is 9.47 Å². The molecule has 1 aliphatic heterocycles. The Bertz CT molecular complexity index is 826. The molecule has 0 radical (unpaired) electrons. The molecule has 9 nitrogen and oxygen atoms in total. The summed E-state index contributed by atoms with van der Waals surface area (Å²) in [5.74, 6) is -0.688. The third kappa shape index (κ3) is 9.76. The molecule has 1 fully saturated rings. The van der Waals surface area contributed by atoms with Crippen molar-refractivity contribution >= 4 is 18.1 Å². The van der Waals surface area contributed by atoms with Crippen molar-refractivity contribution < 1.29 is 29.0 Å². The third-order valence-electron chi connectivity index (χ3n) is 5.94. The SMILES string of the molecule is CCC[C@@H](CNC(=O)OC(C)(C)C)C(=O)N[C@@H]1CC[C@H](C)N(C(=O)OCc2ccccc2)C[C@H]1O. The van der Waals surface area contributed by atoms with Crippen molar-refractivity contribution in [3.63, 3.8) is 0 Å². The van der Waals surface area contributed by atoms with Gasteiger partial charge in [-0.2, -0.15) is 0 Å². The van der Waals surface area contributed by atoms with E-state index >= 15 is 0 Å². The van der Waals surface area contributed by atoms with Crippen molar-refractivity contribution in [3.05, 3.63) is 35.9 Å². The van der Waals surface area contributed by atoms with Gasteiger partial charge in [0.2, 0.25) is 5.91 Å². The third-order valence-corrected chi connectivity index (χ3v) is 5.94. The average molecular weight is 492 g/mol. The molecule has 1 aromatic rings. The molecule has 35 heavy (non-hydrogen) atoms. The molecule has 1 heterocycles. The largest absolute Gasteiger partial charge is 0.445 e. The van der Waals surface area contributed by atoms with Crippen LogP contribution in [-0.4, -0.2) is 65.0 Å². The number of carbonyl (C=O) groups excluding carboxylic acids is 3. The number of nitrogens with one attached hydrogen (secondary N) is 2. The van der Waals surface area contributed by atoms with Crippen LogP contribution >= 0.6 is 0 Å². The van der Waals surface area contributed by atoms with Gasteiger partial charge in [-0.25, -0.2) is 9.59 Å². The minimum atomic E-state index is -0.936. The fraction of sp³-hybridized carbons (Fsp3) is 0.654. The molecule has 3 amide bonds. The lowest BCUT2D eigenvalue weighted by Crippen LogP contribution is -2.50. The van der Waals surface area contributed by atoms with E-state index in [0.717, 1.165) is 12.0 Å². The molecule has 0 unspecified atom stereocenters. The second-order valence-electron chi connectivity index (χ2n) is 10.2. The lowest BCUT2D eigenvalue weighted by Gasteiger charge is -2.28. The maximum atomic E-state index is 13.0. The Kier molecular flexibility index (Phi) is 10.8. The summed E-state index contributed by atoms with van der Waals surface area (Å²) in [6.45, 7) is 9.57. The number of likely N-dealkylation sites (tertiary alicyclic amines) is 1. The maximum Gasteiger partial charge on any atom is 0.410 e. The standard InChI is InChI=1S/C26H41N3O6/c1-6-10-20(15-27-24(32)35-26(3,4)5)23(31)28-21-14-13-18(2)29(16-22(21)30)25(33)34-17-19-11-8-7-9-12-19/h7-9,11-12,18,20-22,30H,6,10,13-17H2,1-5H3,(H,27,32)(H,28,31)/t18-,20-,21+,22+/m0/s1. The maximum absolute atomic E-state index is 13.0. The van der Waals surface area contributed by atoms with Crippen molar-refractivity contribution in [1.82, 2.24) is 15.5 Å². The fourth-order valence-electron chi connectivity index (χ4n) is 4.00. The highest BCUT2D eigenvalue weighted by molar-refractivity contribution is 5.80. The highest BCUT2D eigenvalue weighted by Crippen LogP contribution is 2.20. The quantitative estimate of drug-likeness (QED) is 0.512. The molecular formula is C26H41N3O6. The molecule has 196 valence electrons. The van der Waals surface area contributed by atoms with Crippen LogP contribution in [0.25, 0.3) is 0 Å². The first-order chi connectivity index (χ1) is 16.5. The molecule has 0 bridgehead atoms. The van der Waals surface area contributed by atoms with Gasteiger partial charge >= 0.3 is 12.2 Å². The minimum absolute atomic E-state index is 0.0638. The molecule has 1 saturated heterocycles. The van der Waals surface area contributed by atoms with Crippen LogP contribution < -0.4 is 10.6 Å². The Morgan fingerprint density at radius 3 is 2.49 bits per heavy atom. The van der Waals surface area contributed by atoms with Crippen LogP contribution in [0.1, 0.15) is 65.9 Å². The number of hydrogen-bond acceptors (Lipinski definition) is 6. The van der Waals surface area contributed by atoms with Crippen molar-refractivity contribution in [3.8, 4) is 0 Å². The van der Waals surface area contributed by atoms with Crippen LogP contribution in [0.3, 0.4) is 0 Å². The van der Waals surface area contributed by atoms with Gasteiger partial charge in [0.15, 0.2) is 0 Å². The lowest BCUT2D eigenvalue weighted by atomic mass is 10.00. The zero-order valence-corrected chi connectivity index (χ0v) is 21.6. The molecule has 1 aromatic carbocycles. The van der Waals surface area contributed by atoms with E-state index in [9.17, 15) is 19.5 Å². The molecule has 2 rings (SSSR count).